The van der Waals surface area contributed by atoms with E-state index in [-0.39, 0.29) is 0 Å². The van der Waals surface area contributed by atoms with Crippen molar-refractivity contribution in [3.05, 3.63) is 11.3 Å². The molecule has 1 aliphatic carbocycles. The third-order valence-electron chi connectivity index (χ3n) is 2.81. The molecule has 0 nitrogen and oxygen atoms in total. The summed E-state index contributed by atoms with van der Waals surface area (Å²) in [6, 6.07) is 0. The molecule has 13 heavy (non-hydrogen) atoms. The Morgan fingerprint density at radius 2 is 1.46 bits per heavy atom. The molecule has 0 N–H and O–H groups in total. The molecule has 76 valence electrons. The Balaban J connectivity index is 2.75. The summed E-state index contributed by atoms with van der Waals surface area (Å²) in [6.45, 7) is 17.2. The molecule has 1 aliphatic rings. The monoisotopic (exact) mass is 212 g/mol. The van der Waals surface area contributed by atoms with Gasteiger partial charge in [0.2, 0.25) is 0 Å². The van der Waals surface area contributed by atoms with Crippen LogP contribution in [0.15, 0.2) is 11.3 Å². The lowest BCUT2D eigenvalue weighted by molar-refractivity contribution is 0.994. The summed E-state index contributed by atoms with van der Waals surface area (Å²) in [4.78, 5) is 0. The quantitative estimate of drug-likeness (QED) is 0.603. The van der Waals surface area contributed by atoms with Crippen LogP contribution in [0.3, 0.4) is 0 Å². The minimum Gasteiger partial charge on any atom is -0.0955 e. The first-order chi connectivity index (χ1) is 5.63. The predicted molar refractivity (Wildman–Crippen MR) is 67.7 cm³/mol. The third kappa shape index (κ3) is 2.81. The van der Waals surface area contributed by atoms with Crippen LogP contribution < -0.4 is 0 Å². The molecule has 0 heterocycles. The zero-order valence-corrected chi connectivity index (χ0v) is 12.2. The van der Waals surface area contributed by atoms with E-state index in [1.54, 1.807) is 5.57 Å². The van der Waals surface area contributed by atoms with Gasteiger partial charge in [0.15, 0.2) is 0 Å². The summed E-state index contributed by atoms with van der Waals surface area (Å²) in [5.41, 5.74) is 5.44. The molecule has 2 atom stereocenters. The maximum atomic E-state index is 2.64. The lowest BCUT2D eigenvalue weighted by atomic mass is 10.5. The molecule has 1 saturated carbocycles. The van der Waals surface area contributed by atoms with Gasteiger partial charge in [-0.05, 0) is 11.5 Å². The molecule has 0 aromatic rings. The Labute approximate surface area is 85.5 Å². The fourth-order valence-electron chi connectivity index (χ4n) is 2.39. The normalized spacial score (nSPS) is 32.4. The number of rotatable bonds is 2. The third-order valence-corrected chi connectivity index (χ3v) is 6.71. The van der Waals surface area contributed by atoms with Crippen molar-refractivity contribution in [2.24, 2.45) is 5.92 Å². The second kappa shape index (κ2) is 3.09. The smallest absolute Gasteiger partial charge is 0.0686 e. The lowest BCUT2D eigenvalue weighted by Crippen LogP contribution is -2.21. The van der Waals surface area contributed by atoms with Gasteiger partial charge >= 0.3 is 0 Å². The SMILES string of the molecule is C[C@H]1/C(=C\[Si](C)(C)C)[C@@H]1[Si](C)(C)C. The van der Waals surface area contributed by atoms with Crippen molar-refractivity contribution in [1.29, 1.82) is 0 Å². The van der Waals surface area contributed by atoms with E-state index in [4.69, 9.17) is 0 Å². The molecular weight excluding hydrogens is 188 g/mol. The van der Waals surface area contributed by atoms with Crippen LogP contribution in [0.4, 0.5) is 0 Å². The molecule has 0 unspecified atom stereocenters. The van der Waals surface area contributed by atoms with E-state index in [1.165, 1.54) is 0 Å². The van der Waals surface area contributed by atoms with E-state index >= 15 is 0 Å². The van der Waals surface area contributed by atoms with Gasteiger partial charge in [-0.2, -0.15) is 0 Å². The average molecular weight is 212 g/mol. The summed E-state index contributed by atoms with van der Waals surface area (Å²) in [7, 11) is -1.86. The van der Waals surface area contributed by atoms with Gasteiger partial charge in [0.25, 0.3) is 0 Å². The largest absolute Gasteiger partial charge is 0.0955 e. The van der Waals surface area contributed by atoms with Crippen molar-refractivity contribution >= 4 is 16.1 Å². The van der Waals surface area contributed by atoms with Gasteiger partial charge in [-0.25, -0.2) is 0 Å². The maximum absolute atomic E-state index is 2.64. The second-order valence-electron chi connectivity index (χ2n) is 6.64. The van der Waals surface area contributed by atoms with E-state index in [1.807, 2.05) is 0 Å². The van der Waals surface area contributed by atoms with Crippen molar-refractivity contribution in [2.45, 2.75) is 51.7 Å². The van der Waals surface area contributed by atoms with E-state index in [0.717, 1.165) is 11.5 Å². The van der Waals surface area contributed by atoms with Crippen LogP contribution in [0.1, 0.15) is 6.92 Å². The molecule has 0 radical (unpaired) electrons. The van der Waals surface area contributed by atoms with Crippen LogP contribution in [0.5, 0.6) is 0 Å². The minimum absolute atomic E-state index is 0.895. The van der Waals surface area contributed by atoms with Crippen molar-refractivity contribution in [3.8, 4) is 0 Å². The molecule has 0 aliphatic heterocycles. The second-order valence-corrected chi connectivity index (χ2v) is 17.0. The van der Waals surface area contributed by atoms with E-state index in [2.05, 4.69) is 51.9 Å². The first-order valence-corrected chi connectivity index (χ1v) is 12.5. The van der Waals surface area contributed by atoms with Crippen molar-refractivity contribution in [3.63, 3.8) is 0 Å². The van der Waals surface area contributed by atoms with Crippen LogP contribution in [0.2, 0.25) is 44.8 Å². The highest BCUT2D eigenvalue weighted by Gasteiger charge is 2.48. The number of hydrogen-bond donors (Lipinski definition) is 0. The van der Waals surface area contributed by atoms with Gasteiger partial charge in [-0.15, -0.1) is 0 Å². The molecule has 2 heteroatoms. The van der Waals surface area contributed by atoms with Crippen LogP contribution >= 0.6 is 0 Å². The van der Waals surface area contributed by atoms with Gasteiger partial charge in [0, 0.05) is 0 Å². The maximum Gasteiger partial charge on any atom is 0.0686 e. The van der Waals surface area contributed by atoms with E-state index in [9.17, 15) is 0 Å². The summed E-state index contributed by atoms with van der Waals surface area (Å²) < 4.78 is 0. The van der Waals surface area contributed by atoms with Gasteiger partial charge in [0.1, 0.15) is 0 Å². The highest BCUT2D eigenvalue weighted by molar-refractivity contribution is 6.82. The summed E-state index contributed by atoms with van der Waals surface area (Å²) in [6.07, 6.45) is 0. The summed E-state index contributed by atoms with van der Waals surface area (Å²) in [5.74, 6) is 0.915. The van der Waals surface area contributed by atoms with Crippen LogP contribution in [0, 0.1) is 5.92 Å². The van der Waals surface area contributed by atoms with Crippen molar-refractivity contribution in [2.75, 3.05) is 0 Å². The highest BCUT2D eigenvalue weighted by Crippen LogP contribution is 2.57. The molecule has 0 amide bonds. The number of allylic oxidation sites excluding steroid dienone is 1. The molecular formula is C11H24Si2. The van der Waals surface area contributed by atoms with Gasteiger partial charge < -0.3 is 0 Å². The van der Waals surface area contributed by atoms with Crippen LogP contribution in [0.25, 0.3) is 0 Å². The zero-order valence-electron chi connectivity index (χ0n) is 10.2. The molecule has 1 fully saturated rings. The van der Waals surface area contributed by atoms with Gasteiger partial charge in [0.05, 0.1) is 16.1 Å². The topological polar surface area (TPSA) is 0 Å². The van der Waals surface area contributed by atoms with E-state index in [0.29, 0.717) is 0 Å². The first-order valence-electron chi connectivity index (χ1n) is 5.35. The van der Waals surface area contributed by atoms with Crippen LogP contribution in [-0.2, 0) is 0 Å². The summed E-state index contributed by atoms with van der Waals surface area (Å²) >= 11 is 0. The minimum atomic E-state index is -0.960. The van der Waals surface area contributed by atoms with Crippen LogP contribution in [-0.4, -0.2) is 16.1 Å². The van der Waals surface area contributed by atoms with Gasteiger partial charge in [-0.1, -0.05) is 57.5 Å². The molecule has 0 bridgehead atoms. The number of hydrogen-bond acceptors (Lipinski definition) is 0. The summed E-state index contributed by atoms with van der Waals surface area (Å²) in [5, 5.41) is 0. The zero-order chi connectivity index (χ0) is 10.4. The standard InChI is InChI=1S/C11H24Si2/c1-9-10(8-12(2,3)4)11(9)13(5,6)7/h8-9,11H,1-7H3/b10-8+/t9-,11+/m0/s1. The van der Waals surface area contributed by atoms with Gasteiger partial charge in [-0.3, -0.25) is 0 Å². The molecule has 0 aromatic carbocycles. The predicted octanol–water partition coefficient (Wildman–Crippen LogP) is 4.15. The van der Waals surface area contributed by atoms with Crippen molar-refractivity contribution < 1.29 is 0 Å². The first kappa shape index (κ1) is 11.2. The Morgan fingerprint density at radius 1 is 1.00 bits per heavy atom. The lowest BCUT2D eigenvalue weighted by Gasteiger charge is -2.14. The molecule has 0 saturated heterocycles. The Bertz CT molecular complexity index is 227. The molecule has 1 rings (SSSR count). The molecule has 0 spiro atoms. The Hall–Kier alpha value is 0.174. The van der Waals surface area contributed by atoms with E-state index < -0.39 is 16.1 Å². The Morgan fingerprint density at radius 3 is 1.69 bits per heavy atom. The molecule has 0 aromatic heterocycles. The fraction of sp³-hybridized carbons (Fsp3) is 0.818. The average Bonchev–Trinajstić information content (AvgIpc) is 2.34. The highest BCUT2D eigenvalue weighted by atomic mass is 28.3. The fourth-order valence-corrected chi connectivity index (χ4v) is 6.94. The van der Waals surface area contributed by atoms with Crippen molar-refractivity contribution in [1.82, 2.24) is 0 Å². The Kier molecular flexibility index (Phi) is 2.68.